The molecule has 0 unspecified atom stereocenters. The lowest BCUT2D eigenvalue weighted by atomic mass is 9.82. The summed E-state index contributed by atoms with van der Waals surface area (Å²) in [5, 5.41) is 4.15. The maximum absolute atomic E-state index is 11.7. The molecule has 1 saturated heterocycles. The van der Waals surface area contributed by atoms with E-state index in [-0.39, 0.29) is 11.4 Å². The van der Waals surface area contributed by atoms with Crippen LogP contribution in [0.1, 0.15) is 42.1 Å². The highest BCUT2D eigenvalue weighted by Gasteiger charge is 2.27. The normalized spacial score (nSPS) is 17.8. The number of anilines is 1. The summed E-state index contributed by atoms with van der Waals surface area (Å²) in [4.78, 5) is 17.0. The van der Waals surface area contributed by atoms with Gasteiger partial charge in [0.15, 0.2) is 10.8 Å². The van der Waals surface area contributed by atoms with Crippen molar-refractivity contribution < 1.29 is 14.3 Å². The first-order valence-electron chi connectivity index (χ1n) is 7.00. The highest BCUT2D eigenvalue weighted by atomic mass is 32.1. The number of hydrogen-bond donors (Lipinski definition) is 1. The van der Waals surface area contributed by atoms with Gasteiger partial charge < -0.3 is 14.8 Å². The van der Waals surface area contributed by atoms with E-state index in [2.05, 4.69) is 17.2 Å². The van der Waals surface area contributed by atoms with Crippen LogP contribution < -0.4 is 5.32 Å². The van der Waals surface area contributed by atoms with Gasteiger partial charge >= 0.3 is 5.97 Å². The van der Waals surface area contributed by atoms with E-state index in [0.717, 1.165) is 42.6 Å². The SMILES string of the molecule is CCOC(=O)c1nc(NCC2(C)CCOCC2)sc1C. The lowest BCUT2D eigenvalue weighted by molar-refractivity contribution is 0.0300. The minimum Gasteiger partial charge on any atom is -0.461 e. The van der Waals surface area contributed by atoms with Crippen molar-refractivity contribution in [1.29, 1.82) is 0 Å². The molecule has 1 N–H and O–H groups in total. The van der Waals surface area contributed by atoms with Crippen LogP contribution >= 0.6 is 11.3 Å². The molecular formula is C14H22N2O3S. The topological polar surface area (TPSA) is 60.5 Å². The molecule has 1 aromatic heterocycles. The third-order valence-corrected chi connectivity index (χ3v) is 4.56. The van der Waals surface area contributed by atoms with Gasteiger partial charge in [-0.1, -0.05) is 6.92 Å². The van der Waals surface area contributed by atoms with Gasteiger partial charge in [-0.3, -0.25) is 0 Å². The minimum atomic E-state index is -0.341. The summed E-state index contributed by atoms with van der Waals surface area (Å²) in [7, 11) is 0. The summed E-state index contributed by atoms with van der Waals surface area (Å²) >= 11 is 1.50. The van der Waals surface area contributed by atoms with Crippen LogP contribution in [-0.4, -0.2) is 37.3 Å². The van der Waals surface area contributed by atoms with Crippen LogP contribution in [0.4, 0.5) is 5.13 Å². The summed E-state index contributed by atoms with van der Waals surface area (Å²) in [5.41, 5.74) is 0.665. The molecular weight excluding hydrogens is 276 g/mol. The van der Waals surface area contributed by atoms with E-state index in [1.54, 1.807) is 6.92 Å². The molecule has 5 nitrogen and oxygen atoms in total. The standard InChI is InChI=1S/C14H22N2O3S/c1-4-19-12(17)11-10(2)20-13(16-11)15-9-14(3)5-7-18-8-6-14/h4-9H2,1-3H3,(H,15,16). The van der Waals surface area contributed by atoms with Gasteiger partial charge in [0.05, 0.1) is 6.61 Å². The minimum absolute atomic E-state index is 0.238. The van der Waals surface area contributed by atoms with Gasteiger partial charge in [-0.05, 0) is 32.1 Å². The van der Waals surface area contributed by atoms with Gasteiger partial charge in [-0.15, -0.1) is 11.3 Å². The molecule has 1 aliphatic rings. The summed E-state index contributed by atoms with van der Waals surface area (Å²) in [6.07, 6.45) is 2.10. The highest BCUT2D eigenvalue weighted by Crippen LogP contribution is 2.31. The number of esters is 1. The van der Waals surface area contributed by atoms with Crippen molar-refractivity contribution in [2.45, 2.75) is 33.6 Å². The predicted octanol–water partition coefficient (Wildman–Crippen LogP) is 2.86. The lowest BCUT2D eigenvalue weighted by Gasteiger charge is -2.33. The molecule has 1 fully saturated rings. The molecule has 0 saturated carbocycles. The van der Waals surface area contributed by atoms with Gasteiger partial charge in [-0.25, -0.2) is 9.78 Å². The van der Waals surface area contributed by atoms with Crippen molar-refractivity contribution in [3.8, 4) is 0 Å². The van der Waals surface area contributed by atoms with Gasteiger partial charge in [0.2, 0.25) is 0 Å². The highest BCUT2D eigenvalue weighted by molar-refractivity contribution is 7.15. The number of carbonyl (C=O) groups is 1. The lowest BCUT2D eigenvalue weighted by Crippen LogP contribution is -2.33. The van der Waals surface area contributed by atoms with Crippen LogP contribution in [0, 0.1) is 12.3 Å². The van der Waals surface area contributed by atoms with E-state index in [9.17, 15) is 4.79 Å². The molecule has 0 amide bonds. The third kappa shape index (κ3) is 3.70. The number of rotatable bonds is 5. The fourth-order valence-electron chi connectivity index (χ4n) is 2.19. The zero-order chi connectivity index (χ0) is 14.6. The molecule has 0 radical (unpaired) electrons. The number of thiazole rings is 1. The molecule has 1 aromatic rings. The Kier molecular flexibility index (Phi) is 4.99. The van der Waals surface area contributed by atoms with Crippen molar-refractivity contribution in [2.75, 3.05) is 31.7 Å². The van der Waals surface area contributed by atoms with Gasteiger partial charge in [-0.2, -0.15) is 0 Å². The number of aromatic nitrogens is 1. The molecule has 20 heavy (non-hydrogen) atoms. The van der Waals surface area contributed by atoms with Crippen LogP contribution in [-0.2, 0) is 9.47 Å². The Hall–Kier alpha value is -1.14. The van der Waals surface area contributed by atoms with Crippen LogP contribution in [0.25, 0.3) is 0 Å². The Bertz CT molecular complexity index is 467. The molecule has 0 spiro atoms. The van der Waals surface area contributed by atoms with Crippen LogP contribution in [0.15, 0.2) is 0 Å². The first-order valence-corrected chi connectivity index (χ1v) is 7.82. The molecule has 0 aromatic carbocycles. The first kappa shape index (κ1) is 15.3. The monoisotopic (exact) mass is 298 g/mol. The number of aryl methyl sites for hydroxylation is 1. The van der Waals surface area contributed by atoms with Crippen molar-refractivity contribution in [2.24, 2.45) is 5.41 Å². The Balaban J connectivity index is 1.96. The molecule has 112 valence electrons. The summed E-state index contributed by atoms with van der Waals surface area (Å²) in [6.45, 7) is 8.82. The van der Waals surface area contributed by atoms with E-state index in [4.69, 9.17) is 9.47 Å². The Morgan fingerprint density at radius 2 is 2.20 bits per heavy atom. The summed E-state index contributed by atoms with van der Waals surface area (Å²) in [6, 6.07) is 0. The van der Waals surface area contributed by atoms with E-state index in [1.807, 2.05) is 6.92 Å². The zero-order valence-electron chi connectivity index (χ0n) is 12.3. The van der Waals surface area contributed by atoms with Crippen LogP contribution in [0.3, 0.4) is 0 Å². The zero-order valence-corrected chi connectivity index (χ0v) is 13.1. The summed E-state index contributed by atoms with van der Waals surface area (Å²) in [5.74, 6) is -0.341. The largest absolute Gasteiger partial charge is 0.461 e. The van der Waals surface area contributed by atoms with Gasteiger partial charge in [0.25, 0.3) is 0 Å². The van der Waals surface area contributed by atoms with Crippen molar-refractivity contribution >= 4 is 22.4 Å². The van der Waals surface area contributed by atoms with Crippen molar-refractivity contribution in [1.82, 2.24) is 4.98 Å². The van der Waals surface area contributed by atoms with Gasteiger partial charge in [0.1, 0.15) is 0 Å². The third-order valence-electron chi connectivity index (χ3n) is 3.63. The Morgan fingerprint density at radius 3 is 2.85 bits per heavy atom. The smallest absolute Gasteiger partial charge is 0.358 e. The molecule has 0 bridgehead atoms. The average Bonchev–Trinajstić information content (AvgIpc) is 2.79. The Morgan fingerprint density at radius 1 is 1.50 bits per heavy atom. The number of ether oxygens (including phenoxy) is 2. The maximum atomic E-state index is 11.7. The molecule has 0 aliphatic carbocycles. The van der Waals surface area contributed by atoms with Crippen LogP contribution in [0.2, 0.25) is 0 Å². The first-order chi connectivity index (χ1) is 9.54. The number of nitrogens with zero attached hydrogens (tertiary/aromatic N) is 1. The predicted molar refractivity (Wildman–Crippen MR) is 79.5 cm³/mol. The van der Waals surface area contributed by atoms with Crippen LogP contribution in [0.5, 0.6) is 0 Å². The fourth-order valence-corrected chi connectivity index (χ4v) is 2.99. The Labute approximate surface area is 123 Å². The van der Waals surface area contributed by atoms with E-state index in [1.165, 1.54) is 11.3 Å². The maximum Gasteiger partial charge on any atom is 0.358 e. The van der Waals surface area contributed by atoms with E-state index >= 15 is 0 Å². The molecule has 2 rings (SSSR count). The second-order valence-corrected chi connectivity index (χ2v) is 6.62. The molecule has 6 heteroatoms. The second kappa shape index (κ2) is 6.54. The van der Waals surface area contributed by atoms with Crippen molar-refractivity contribution in [3.05, 3.63) is 10.6 Å². The number of carbonyl (C=O) groups excluding carboxylic acids is 1. The van der Waals surface area contributed by atoms with Gasteiger partial charge in [0, 0.05) is 24.6 Å². The quantitative estimate of drug-likeness (QED) is 0.847. The number of nitrogens with one attached hydrogen (secondary N) is 1. The average molecular weight is 298 g/mol. The van der Waals surface area contributed by atoms with E-state index < -0.39 is 0 Å². The summed E-state index contributed by atoms with van der Waals surface area (Å²) < 4.78 is 10.4. The second-order valence-electron chi connectivity index (χ2n) is 5.42. The molecule has 1 aliphatic heterocycles. The number of hydrogen-bond acceptors (Lipinski definition) is 6. The molecule has 0 atom stereocenters. The van der Waals surface area contributed by atoms with E-state index in [0.29, 0.717) is 12.3 Å². The molecule has 2 heterocycles. The fraction of sp³-hybridized carbons (Fsp3) is 0.714. The van der Waals surface area contributed by atoms with Crippen molar-refractivity contribution in [3.63, 3.8) is 0 Å².